The molecule has 6 nitrogen and oxygen atoms in total. The molecule has 0 saturated heterocycles. The van der Waals surface area contributed by atoms with Gasteiger partial charge in [0, 0.05) is 43.5 Å². The molecular formula is C16H26N4O2. The van der Waals surface area contributed by atoms with E-state index in [0.717, 1.165) is 38.4 Å². The third kappa shape index (κ3) is 4.08. The van der Waals surface area contributed by atoms with Gasteiger partial charge in [-0.3, -0.25) is 14.4 Å². The average molecular weight is 306 g/mol. The average Bonchev–Trinajstić information content (AvgIpc) is 3.12. The van der Waals surface area contributed by atoms with E-state index in [-0.39, 0.29) is 6.54 Å². The second-order valence-corrected chi connectivity index (χ2v) is 6.67. The third-order valence-corrected chi connectivity index (χ3v) is 4.76. The van der Waals surface area contributed by atoms with Crippen molar-refractivity contribution in [1.29, 1.82) is 0 Å². The van der Waals surface area contributed by atoms with Crippen LogP contribution in [0.2, 0.25) is 0 Å². The number of carbonyl (C=O) groups is 1. The second kappa shape index (κ2) is 6.79. The lowest BCUT2D eigenvalue weighted by atomic mass is 9.85. The van der Waals surface area contributed by atoms with Gasteiger partial charge in [0.2, 0.25) is 0 Å². The zero-order valence-corrected chi connectivity index (χ0v) is 13.2. The predicted octanol–water partition coefficient (Wildman–Crippen LogP) is 1.32. The van der Waals surface area contributed by atoms with Crippen LogP contribution in [0, 0.1) is 5.92 Å². The monoisotopic (exact) mass is 306 g/mol. The predicted molar refractivity (Wildman–Crippen MR) is 83.5 cm³/mol. The van der Waals surface area contributed by atoms with Crippen molar-refractivity contribution in [2.24, 2.45) is 5.92 Å². The van der Waals surface area contributed by atoms with Gasteiger partial charge in [-0.2, -0.15) is 5.10 Å². The van der Waals surface area contributed by atoms with Gasteiger partial charge in [-0.25, -0.2) is 0 Å². The van der Waals surface area contributed by atoms with Crippen LogP contribution in [0.5, 0.6) is 0 Å². The van der Waals surface area contributed by atoms with Crippen molar-refractivity contribution in [2.75, 3.05) is 13.1 Å². The van der Waals surface area contributed by atoms with Crippen LogP contribution in [-0.2, 0) is 17.9 Å². The lowest BCUT2D eigenvalue weighted by molar-refractivity contribution is -0.139. The van der Waals surface area contributed by atoms with Crippen LogP contribution >= 0.6 is 0 Å². The Labute approximate surface area is 131 Å². The fourth-order valence-electron chi connectivity index (χ4n) is 3.13. The molecule has 0 amide bonds. The molecule has 0 spiro atoms. The quantitative estimate of drug-likeness (QED) is 0.720. The van der Waals surface area contributed by atoms with Crippen LogP contribution in [0.15, 0.2) is 12.4 Å². The van der Waals surface area contributed by atoms with Crippen molar-refractivity contribution in [2.45, 2.75) is 57.8 Å². The van der Waals surface area contributed by atoms with E-state index in [1.807, 2.05) is 10.9 Å². The maximum atomic E-state index is 11.0. The zero-order valence-electron chi connectivity index (χ0n) is 13.2. The summed E-state index contributed by atoms with van der Waals surface area (Å²) in [5.41, 5.74) is 1.21. The highest BCUT2D eigenvalue weighted by molar-refractivity contribution is 5.69. The molecule has 1 heterocycles. The number of aryl methyl sites for hydroxylation is 1. The molecule has 6 heteroatoms. The lowest BCUT2D eigenvalue weighted by Gasteiger charge is -2.43. The Kier molecular flexibility index (Phi) is 4.78. The molecule has 2 aliphatic rings. The van der Waals surface area contributed by atoms with Crippen LogP contribution in [0.25, 0.3) is 0 Å². The Morgan fingerprint density at radius 1 is 1.50 bits per heavy atom. The van der Waals surface area contributed by atoms with Crippen molar-refractivity contribution >= 4 is 5.97 Å². The highest BCUT2D eigenvalue weighted by Gasteiger charge is 2.36. The molecule has 1 aromatic heterocycles. The van der Waals surface area contributed by atoms with E-state index in [1.165, 1.54) is 18.4 Å². The normalized spacial score (nSPS) is 24.5. The number of aromatic nitrogens is 2. The summed E-state index contributed by atoms with van der Waals surface area (Å²) in [4.78, 5) is 13.2. The summed E-state index contributed by atoms with van der Waals surface area (Å²) in [6, 6.07) is 0.943. The molecule has 122 valence electrons. The van der Waals surface area contributed by atoms with Crippen LogP contribution in [0.3, 0.4) is 0 Å². The number of hydrogen-bond donors (Lipinski definition) is 2. The van der Waals surface area contributed by atoms with Gasteiger partial charge >= 0.3 is 5.97 Å². The largest absolute Gasteiger partial charge is 0.480 e. The second-order valence-electron chi connectivity index (χ2n) is 6.67. The minimum atomic E-state index is -0.705. The summed E-state index contributed by atoms with van der Waals surface area (Å²) in [7, 11) is 0. The van der Waals surface area contributed by atoms with Crippen LogP contribution in [0.1, 0.15) is 38.2 Å². The zero-order chi connectivity index (χ0) is 15.5. The Morgan fingerprint density at radius 2 is 2.27 bits per heavy atom. The summed E-state index contributed by atoms with van der Waals surface area (Å²) in [6.07, 6.45) is 8.64. The summed E-state index contributed by atoms with van der Waals surface area (Å²) in [5, 5.41) is 16.9. The first-order chi connectivity index (χ1) is 10.6. The number of carboxylic acids is 1. The maximum Gasteiger partial charge on any atom is 0.317 e. The van der Waals surface area contributed by atoms with E-state index >= 15 is 0 Å². The van der Waals surface area contributed by atoms with E-state index in [1.54, 1.807) is 0 Å². The maximum absolute atomic E-state index is 11.0. The molecule has 2 aliphatic carbocycles. The Balaban J connectivity index is 1.40. The lowest BCUT2D eigenvalue weighted by Crippen LogP contribution is -2.54. The smallest absolute Gasteiger partial charge is 0.317 e. The standard InChI is InChI=1S/C16H26N4O2/c1-2-20-10-13(8-18-20)7-17-14-5-15(6-14)19(11-16(21)22)9-12-3-4-12/h8,10,12,14-15,17H,2-7,9,11H2,1H3,(H,21,22). The third-order valence-electron chi connectivity index (χ3n) is 4.76. The molecule has 2 fully saturated rings. The fourth-order valence-corrected chi connectivity index (χ4v) is 3.13. The molecule has 1 aromatic rings. The Hall–Kier alpha value is -1.40. The molecule has 0 bridgehead atoms. The number of nitrogens with zero attached hydrogens (tertiary/aromatic N) is 3. The molecule has 0 unspecified atom stereocenters. The van der Waals surface area contributed by atoms with Crippen molar-refractivity contribution < 1.29 is 9.90 Å². The van der Waals surface area contributed by atoms with E-state index in [9.17, 15) is 4.79 Å². The van der Waals surface area contributed by atoms with E-state index in [2.05, 4.69) is 28.4 Å². The minimum Gasteiger partial charge on any atom is -0.480 e. The van der Waals surface area contributed by atoms with Crippen molar-refractivity contribution in [1.82, 2.24) is 20.0 Å². The van der Waals surface area contributed by atoms with Gasteiger partial charge < -0.3 is 10.4 Å². The van der Waals surface area contributed by atoms with Gasteiger partial charge in [-0.15, -0.1) is 0 Å². The molecule has 0 radical (unpaired) electrons. The number of hydrogen-bond acceptors (Lipinski definition) is 4. The minimum absolute atomic E-state index is 0.192. The Bertz CT molecular complexity index is 506. The topological polar surface area (TPSA) is 70.4 Å². The number of aliphatic carboxylic acids is 1. The molecule has 0 aromatic carbocycles. The summed E-state index contributed by atoms with van der Waals surface area (Å²) >= 11 is 0. The Morgan fingerprint density at radius 3 is 2.86 bits per heavy atom. The van der Waals surface area contributed by atoms with Gasteiger partial charge in [0.15, 0.2) is 0 Å². The van der Waals surface area contributed by atoms with Gasteiger partial charge in [0.1, 0.15) is 0 Å². The van der Waals surface area contributed by atoms with E-state index in [4.69, 9.17) is 5.11 Å². The number of rotatable bonds is 9. The van der Waals surface area contributed by atoms with Crippen LogP contribution in [0.4, 0.5) is 0 Å². The van der Waals surface area contributed by atoms with Crippen LogP contribution < -0.4 is 5.32 Å². The van der Waals surface area contributed by atoms with E-state index in [0.29, 0.717) is 12.1 Å². The highest BCUT2D eigenvalue weighted by Crippen LogP contribution is 2.33. The first-order valence-electron chi connectivity index (χ1n) is 8.34. The summed E-state index contributed by atoms with van der Waals surface area (Å²) in [5.74, 6) is 0.0373. The molecule has 0 atom stereocenters. The van der Waals surface area contributed by atoms with Crippen molar-refractivity contribution in [3.63, 3.8) is 0 Å². The van der Waals surface area contributed by atoms with Gasteiger partial charge in [0.05, 0.1) is 12.7 Å². The van der Waals surface area contributed by atoms with Crippen molar-refractivity contribution in [3.8, 4) is 0 Å². The summed E-state index contributed by atoms with van der Waals surface area (Å²) in [6.45, 7) is 4.98. The fraction of sp³-hybridized carbons (Fsp3) is 0.750. The molecule has 2 N–H and O–H groups in total. The van der Waals surface area contributed by atoms with Gasteiger partial charge in [-0.1, -0.05) is 0 Å². The van der Waals surface area contributed by atoms with Gasteiger partial charge in [0.25, 0.3) is 0 Å². The van der Waals surface area contributed by atoms with Gasteiger partial charge in [-0.05, 0) is 38.5 Å². The molecule has 3 rings (SSSR count). The van der Waals surface area contributed by atoms with Crippen LogP contribution in [-0.4, -0.2) is 50.9 Å². The molecule has 2 saturated carbocycles. The van der Waals surface area contributed by atoms with Crippen molar-refractivity contribution in [3.05, 3.63) is 18.0 Å². The number of carboxylic acid groups (broad SMARTS) is 1. The van der Waals surface area contributed by atoms with E-state index < -0.39 is 5.97 Å². The first kappa shape index (κ1) is 15.5. The molecular weight excluding hydrogens is 280 g/mol. The SMILES string of the molecule is CCn1cc(CNC2CC(N(CC(=O)O)CC3CC3)C2)cn1. The summed E-state index contributed by atoms with van der Waals surface area (Å²) < 4.78 is 1.94. The highest BCUT2D eigenvalue weighted by atomic mass is 16.4. The molecule has 22 heavy (non-hydrogen) atoms. The molecule has 0 aliphatic heterocycles. The first-order valence-corrected chi connectivity index (χ1v) is 8.34. The number of nitrogens with one attached hydrogen (secondary N) is 1.